The van der Waals surface area contributed by atoms with Crippen LogP contribution < -0.4 is 4.57 Å². The predicted octanol–water partition coefficient (Wildman–Crippen LogP) is 4.39. The number of aryl methyl sites for hydroxylation is 2. The van der Waals surface area contributed by atoms with Crippen LogP contribution in [0.25, 0.3) is 16.8 Å². The van der Waals surface area contributed by atoms with Crippen molar-refractivity contribution in [1.29, 1.82) is 0 Å². The average molecular weight is 278 g/mol. The number of hydrogen-bond acceptors (Lipinski definition) is 0. The maximum absolute atomic E-state index is 13.0. The minimum atomic E-state index is -0.206. The van der Waals surface area contributed by atoms with Crippen molar-refractivity contribution in [1.82, 2.24) is 0 Å². The highest BCUT2D eigenvalue weighted by molar-refractivity contribution is 5.63. The highest BCUT2D eigenvalue weighted by Crippen LogP contribution is 2.21. The average Bonchev–Trinajstić information content (AvgIpc) is 2.48. The van der Waals surface area contributed by atoms with Crippen LogP contribution in [-0.4, -0.2) is 0 Å². The first kappa shape index (κ1) is 13.5. The van der Waals surface area contributed by atoms with Crippen molar-refractivity contribution in [3.8, 4) is 16.8 Å². The standard InChI is InChI=1S/C19H17FN/c1-14-12-17(16-8-10-18(20)11-9-16)13-15(2)21(14)19-6-4-3-5-7-19/h3-13H,1-2H3/q+1. The van der Waals surface area contributed by atoms with Gasteiger partial charge in [-0.1, -0.05) is 30.3 Å². The molecule has 104 valence electrons. The van der Waals surface area contributed by atoms with E-state index in [0.29, 0.717) is 0 Å². The van der Waals surface area contributed by atoms with Crippen LogP contribution in [-0.2, 0) is 0 Å². The molecule has 0 aliphatic heterocycles. The molecule has 0 saturated carbocycles. The third kappa shape index (κ3) is 2.70. The van der Waals surface area contributed by atoms with Gasteiger partial charge in [0.25, 0.3) is 0 Å². The molecule has 2 aromatic carbocycles. The van der Waals surface area contributed by atoms with Crippen LogP contribution in [0.1, 0.15) is 11.4 Å². The van der Waals surface area contributed by atoms with Crippen LogP contribution in [0.5, 0.6) is 0 Å². The van der Waals surface area contributed by atoms with E-state index in [1.807, 2.05) is 30.3 Å². The van der Waals surface area contributed by atoms with Gasteiger partial charge in [-0.05, 0) is 23.3 Å². The molecule has 0 atom stereocenters. The lowest BCUT2D eigenvalue weighted by Gasteiger charge is -2.07. The van der Waals surface area contributed by atoms with Crippen LogP contribution >= 0.6 is 0 Å². The topological polar surface area (TPSA) is 3.88 Å². The highest BCUT2D eigenvalue weighted by Gasteiger charge is 2.15. The van der Waals surface area contributed by atoms with Gasteiger partial charge in [0.1, 0.15) is 5.82 Å². The second-order valence-corrected chi connectivity index (χ2v) is 5.20. The first-order valence-corrected chi connectivity index (χ1v) is 7.00. The smallest absolute Gasteiger partial charge is 0.207 e. The maximum Gasteiger partial charge on any atom is 0.211 e. The van der Waals surface area contributed by atoms with Gasteiger partial charge in [-0.2, -0.15) is 4.57 Å². The van der Waals surface area contributed by atoms with Gasteiger partial charge in [0.15, 0.2) is 11.4 Å². The first-order chi connectivity index (χ1) is 10.1. The fourth-order valence-corrected chi connectivity index (χ4v) is 2.69. The molecule has 3 rings (SSSR count). The Balaban J connectivity index is 2.10. The zero-order valence-electron chi connectivity index (χ0n) is 12.2. The van der Waals surface area contributed by atoms with Gasteiger partial charge in [0, 0.05) is 38.1 Å². The Morgan fingerprint density at radius 2 is 1.29 bits per heavy atom. The molecule has 1 aromatic heterocycles. The van der Waals surface area contributed by atoms with Crippen LogP contribution in [0.15, 0.2) is 66.7 Å². The molecule has 0 N–H and O–H groups in total. The van der Waals surface area contributed by atoms with Crippen molar-refractivity contribution in [3.05, 3.63) is 83.9 Å². The molecular weight excluding hydrogens is 261 g/mol. The molecule has 1 nitrogen and oxygen atoms in total. The van der Waals surface area contributed by atoms with Gasteiger partial charge >= 0.3 is 0 Å². The van der Waals surface area contributed by atoms with Crippen LogP contribution in [0.3, 0.4) is 0 Å². The number of rotatable bonds is 2. The van der Waals surface area contributed by atoms with Crippen molar-refractivity contribution in [2.75, 3.05) is 0 Å². The van der Waals surface area contributed by atoms with E-state index < -0.39 is 0 Å². The summed E-state index contributed by atoms with van der Waals surface area (Å²) < 4.78 is 15.3. The summed E-state index contributed by atoms with van der Waals surface area (Å²) in [6.45, 7) is 4.18. The zero-order valence-corrected chi connectivity index (χ0v) is 12.2. The molecule has 0 aliphatic rings. The number of para-hydroxylation sites is 1. The Labute approximate surface area is 124 Å². The van der Waals surface area contributed by atoms with Crippen molar-refractivity contribution in [3.63, 3.8) is 0 Å². The quantitative estimate of drug-likeness (QED) is 0.612. The lowest BCUT2D eigenvalue weighted by atomic mass is 10.0. The summed E-state index contributed by atoms with van der Waals surface area (Å²) in [5, 5.41) is 0. The lowest BCUT2D eigenvalue weighted by Crippen LogP contribution is -2.37. The normalized spacial score (nSPS) is 10.6. The van der Waals surface area contributed by atoms with E-state index in [9.17, 15) is 4.39 Å². The van der Waals surface area contributed by atoms with Crippen molar-refractivity contribution < 1.29 is 8.96 Å². The summed E-state index contributed by atoms with van der Waals surface area (Å²) in [5.41, 5.74) is 5.60. The second kappa shape index (κ2) is 5.49. The lowest BCUT2D eigenvalue weighted by molar-refractivity contribution is -0.609. The third-order valence-electron chi connectivity index (χ3n) is 3.63. The van der Waals surface area contributed by atoms with Gasteiger partial charge in [-0.3, -0.25) is 0 Å². The molecule has 0 bridgehead atoms. The molecule has 1 heterocycles. The number of benzene rings is 2. The number of hydrogen-bond donors (Lipinski definition) is 0. The number of nitrogens with zero attached hydrogens (tertiary/aromatic N) is 1. The van der Waals surface area contributed by atoms with Crippen LogP contribution in [0.4, 0.5) is 4.39 Å². The second-order valence-electron chi connectivity index (χ2n) is 5.20. The predicted molar refractivity (Wildman–Crippen MR) is 82.8 cm³/mol. The molecular formula is C19H17FN+. The molecule has 0 spiro atoms. The SMILES string of the molecule is Cc1cc(-c2ccc(F)cc2)cc(C)[n+]1-c1ccccc1. The Kier molecular flexibility index (Phi) is 3.53. The van der Waals surface area contributed by atoms with Gasteiger partial charge in [0.2, 0.25) is 5.69 Å². The largest absolute Gasteiger partial charge is 0.211 e. The summed E-state index contributed by atoms with van der Waals surface area (Å²) >= 11 is 0. The minimum Gasteiger partial charge on any atom is -0.207 e. The van der Waals surface area contributed by atoms with Gasteiger partial charge < -0.3 is 0 Å². The summed E-state index contributed by atoms with van der Waals surface area (Å²) in [7, 11) is 0. The van der Waals surface area contributed by atoms with Crippen molar-refractivity contribution in [2.45, 2.75) is 13.8 Å². The Morgan fingerprint density at radius 1 is 0.714 bits per heavy atom. The summed E-state index contributed by atoms with van der Waals surface area (Å²) in [6, 6.07) is 21.2. The Morgan fingerprint density at radius 3 is 1.86 bits per heavy atom. The molecule has 0 fully saturated rings. The minimum absolute atomic E-state index is 0.206. The van der Waals surface area contributed by atoms with Crippen LogP contribution in [0, 0.1) is 19.7 Å². The first-order valence-electron chi connectivity index (χ1n) is 7.00. The molecule has 0 aliphatic carbocycles. The highest BCUT2D eigenvalue weighted by atomic mass is 19.1. The van der Waals surface area contributed by atoms with E-state index in [2.05, 4.69) is 42.7 Å². The molecule has 0 saturated heterocycles. The Hall–Kier alpha value is -2.48. The maximum atomic E-state index is 13.0. The van der Waals surface area contributed by atoms with Crippen molar-refractivity contribution >= 4 is 0 Å². The molecule has 0 unspecified atom stereocenters. The summed E-state index contributed by atoms with van der Waals surface area (Å²) in [6.07, 6.45) is 0. The molecule has 3 aromatic rings. The molecule has 21 heavy (non-hydrogen) atoms. The van der Waals surface area contributed by atoms with E-state index in [4.69, 9.17) is 0 Å². The monoisotopic (exact) mass is 278 g/mol. The molecule has 0 amide bonds. The third-order valence-corrected chi connectivity index (χ3v) is 3.63. The zero-order chi connectivity index (χ0) is 14.8. The van der Waals surface area contributed by atoms with Crippen molar-refractivity contribution in [2.24, 2.45) is 0 Å². The summed E-state index contributed by atoms with van der Waals surface area (Å²) in [5.74, 6) is -0.206. The molecule has 2 heteroatoms. The fourth-order valence-electron chi connectivity index (χ4n) is 2.69. The number of halogens is 1. The van der Waals surface area contributed by atoms with E-state index in [0.717, 1.165) is 28.2 Å². The van der Waals surface area contributed by atoms with E-state index in [-0.39, 0.29) is 5.82 Å². The molecule has 0 radical (unpaired) electrons. The Bertz CT molecular complexity index is 738. The van der Waals surface area contributed by atoms with E-state index in [1.165, 1.54) is 12.1 Å². The van der Waals surface area contributed by atoms with Gasteiger partial charge in [-0.15, -0.1) is 0 Å². The van der Waals surface area contributed by atoms with E-state index in [1.54, 1.807) is 0 Å². The fraction of sp³-hybridized carbons (Fsp3) is 0.105. The number of aromatic nitrogens is 1. The number of pyridine rings is 1. The van der Waals surface area contributed by atoms with Crippen LogP contribution in [0.2, 0.25) is 0 Å². The summed E-state index contributed by atoms with van der Waals surface area (Å²) in [4.78, 5) is 0. The van der Waals surface area contributed by atoms with Gasteiger partial charge in [-0.25, -0.2) is 4.39 Å². The van der Waals surface area contributed by atoms with Gasteiger partial charge in [0.05, 0.1) is 0 Å². The van der Waals surface area contributed by atoms with E-state index >= 15 is 0 Å².